The van der Waals surface area contributed by atoms with Gasteiger partial charge in [-0.05, 0) is 44.1 Å². The number of carboxylic acid groups (broad SMARTS) is 1. The highest BCUT2D eigenvalue weighted by atomic mass is 32.1. The second-order valence-electron chi connectivity index (χ2n) is 7.06. The van der Waals surface area contributed by atoms with Crippen LogP contribution in [0.2, 0.25) is 0 Å². The van der Waals surface area contributed by atoms with E-state index in [2.05, 4.69) is 11.4 Å². The lowest BCUT2D eigenvalue weighted by atomic mass is 9.79. The normalized spacial score (nSPS) is 23.6. The number of aryl methyl sites for hydroxylation is 1. The summed E-state index contributed by atoms with van der Waals surface area (Å²) in [6, 6.07) is 2.27. The standard InChI is InChI=1S/C19H24N2O3S/c20-11-15-12-7-3-1-2-4-10-16(12)25-18(15)21-17(22)13-8-5-6-9-14(13)19(23)24/h13-14H,1-10H2,(H,21,22)(H,23,24)/t13-,14-/m0/s1. The highest BCUT2D eigenvalue weighted by molar-refractivity contribution is 7.16. The highest BCUT2D eigenvalue weighted by Crippen LogP contribution is 2.38. The number of nitrogens with zero attached hydrogens (tertiary/aromatic N) is 1. The predicted octanol–water partition coefficient (Wildman–Crippen LogP) is 4.11. The van der Waals surface area contributed by atoms with Crippen LogP contribution >= 0.6 is 11.3 Å². The molecular formula is C19H24N2O3S. The molecule has 1 aromatic heterocycles. The third-order valence-electron chi connectivity index (χ3n) is 5.44. The summed E-state index contributed by atoms with van der Waals surface area (Å²) in [5, 5.41) is 22.5. The molecule has 0 aliphatic heterocycles. The van der Waals surface area contributed by atoms with Gasteiger partial charge in [0.1, 0.15) is 11.1 Å². The second-order valence-corrected chi connectivity index (χ2v) is 8.16. The van der Waals surface area contributed by atoms with Crippen LogP contribution in [0.3, 0.4) is 0 Å². The van der Waals surface area contributed by atoms with Crippen molar-refractivity contribution in [2.45, 2.75) is 64.2 Å². The fourth-order valence-electron chi connectivity index (χ4n) is 4.07. The second kappa shape index (κ2) is 8.01. The molecule has 2 atom stereocenters. The Labute approximate surface area is 152 Å². The number of carbonyl (C=O) groups excluding carboxylic acids is 1. The number of nitrogens with one attached hydrogen (secondary N) is 1. The number of nitriles is 1. The van der Waals surface area contributed by atoms with Crippen molar-refractivity contribution in [3.63, 3.8) is 0 Å². The Hall–Kier alpha value is -1.87. The Morgan fingerprint density at radius 1 is 1.04 bits per heavy atom. The molecule has 0 saturated heterocycles. The van der Waals surface area contributed by atoms with Crippen LogP contribution in [0.1, 0.15) is 67.4 Å². The maximum absolute atomic E-state index is 12.7. The average molecular weight is 360 g/mol. The molecule has 2 N–H and O–H groups in total. The van der Waals surface area contributed by atoms with Crippen LogP contribution < -0.4 is 5.32 Å². The van der Waals surface area contributed by atoms with Gasteiger partial charge in [0.25, 0.3) is 0 Å². The maximum Gasteiger partial charge on any atom is 0.307 e. The van der Waals surface area contributed by atoms with Crippen molar-refractivity contribution in [2.75, 3.05) is 5.32 Å². The SMILES string of the molecule is N#Cc1c(NC(=O)[C@H]2CCCC[C@@H]2C(=O)O)sc2c1CCCCCC2. The lowest BCUT2D eigenvalue weighted by Gasteiger charge is -2.27. The number of thiophene rings is 1. The smallest absolute Gasteiger partial charge is 0.307 e. The van der Waals surface area contributed by atoms with Gasteiger partial charge >= 0.3 is 5.97 Å². The number of fused-ring (bicyclic) bond motifs is 1. The van der Waals surface area contributed by atoms with Crippen LogP contribution in [-0.2, 0) is 22.4 Å². The average Bonchev–Trinajstić information content (AvgIpc) is 2.90. The summed E-state index contributed by atoms with van der Waals surface area (Å²) in [5.41, 5.74) is 1.69. The van der Waals surface area contributed by atoms with Crippen LogP contribution in [0.4, 0.5) is 5.00 Å². The molecule has 0 radical (unpaired) electrons. The molecule has 1 heterocycles. The van der Waals surface area contributed by atoms with Gasteiger partial charge in [-0.1, -0.05) is 25.7 Å². The van der Waals surface area contributed by atoms with E-state index < -0.39 is 17.8 Å². The van der Waals surface area contributed by atoms with E-state index in [4.69, 9.17) is 0 Å². The first-order valence-corrected chi connectivity index (χ1v) is 10.0. The molecule has 2 aliphatic carbocycles. The first-order chi connectivity index (χ1) is 12.1. The predicted molar refractivity (Wildman–Crippen MR) is 96.6 cm³/mol. The van der Waals surface area contributed by atoms with E-state index in [1.54, 1.807) is 0 Å². The Kier molecular flexibility index (Phi) is 5.74. The summed E-state index contributed by atoms with van der Waals surface area (Å²) < 4.78 is 0. The Morgan fingerprint density at radius 2 is 1.72 bits per heavy atom. The zero-order chi connectivity index (χ0) is 17.8. The van der Waals surface area contributed by atoms with Crippen LogP contribution in [0.25, 0.3) is 0 Å². The zero-order valence-corrected chi connectivity index (χ0v) is 15.2. The van der Waals surface area contributed by atoms with Gasteiger partial charge in [0.15, 0.2) is 0 Å². The number of hydrogen-bond donors (Lipinski definition) is 2. The molecule has 6 heteroatoms. The molecule has 5 nitrogen and oxygen atoms in total. The van der Waals surface area contributed by atoms with Crippen LogP contribution in [-0.4, -0.2) is 17.0 Å². The number of aliphatic carboxylic acids is 1. The van der Waals surface area contributed by atoms with Crippen molar-refractivity contribution >= 4 is 28.2 Å². The van der Waals surface area contributed by atoms with Gasteiger partial charge in [-0.25, -0.2) is 0 Å². The monoisotopic (exact) mass is 360 g/mol. The van der Waals surface area contributed by atoms with E-state index in [0.717, 1.165) is 44.1 Å². The topological polar surface area (TPSA) is 90.2 Å². The van der Waals surface area contributed by atoms with Gasteiger partial charge < -0.3 is 10.4 Å². The molecule has 0 bridgehead atoms. The van der Waals surface area contributed by atoms with Crippen molar-refractivity contribution in [2.24, 2.45) is 11.8 Å². The number of carbonyl (C=O) groups is 2. The molecule has 0 spiro atoms. The summed E-state index contributed by atoms with van der Waals surface area (Å²) >= 11 is 1.51. The van der Waals surface area contributed by atoms with E-state index in [0.29, 0.717) is 23.4 Å². The fraction of sp³-hybridized carbons (Fsp3) is 0.632. The Bertz CT molecular complexity index is 704. The lowest BCUT2D eigenvalue weighted by molar-refractivity contribution is -0.147. The van der Waals surface area contributed by atoms with Crippen molar-refractivity contribution in [3.05, 3.63) is 16.0 Å². The fourth-order valence-corrected chi connectivity index (χ4v) is 5.31. The minimum absolute atomic E-state index is 0.238. The van der Waals surface area contributed by atoms with Crippen LogP contribution in [0.15, 0.2) is 0 Å². The van der Waals surface area contributed by atoms with E-state index in [-0.39, 0.29) is 5.91 Å². The quantitative estimate of drug-likeness (QED) is 0.849. The number of rotatable bonds is 3. The third kappa shape index (κ3) is 3.87. The van der Waals surface area contributed by atoms with Gasteiger partial charge in [0.05, 0.1) is 17.4 Å². The molecule has 25 heavy (non-hydrogen) atoms. The van der Waals surface area contributed by atoms with Gasteiger partial charge in [-0.2, -0.15) is 5.26 Å². The molecule has 134 valence electrons. The van der Waals surface area contributed by atoms with Crippen molar-refractivity contribution < 1.29 is 14.7 Å². The summed E-state index contributed by atoms with van der Waals surface area (Å²) in [4.78, 5) is 25.4. The van der Waals surface area contributed by atoms with E-state index in [1.807, 2.05) is 0 Å². The maximum atomic E-state index is 12.7. The van der Waals surface area contributed by atoms with Gasteiger partial charge in [-0.3, -0.25) is 9.59 Å². The zero-order valence-electron chi connectivity index (χ0n) is 14.3. The minimum Gasteiger partial charge on any atom is -0.481 e. The summed E-state index contributed by atoms with van der Waals surface area (Å²) in [6.45, 7) is 0. The van der Waals surface area contributed by atoms with Crippen LogP contribution in [0.5, 0.6) is 0 Å². The summed E-state index contributed by atoms with van der Waals surface area (Å²) in [6.07, 6.45) is 9.36. The summed E-state index contributed by atoms with van der Waals surface area (Å²) in [7, 11) is 0. The number of anilines is 1. The number of hydrogen-bond acceptors (Lipinski definition) is 4. The molecule has 1 saturated carbocycles. The highest BCUT2D eigenvalue weighted by Gasteiger charge is 2.36. The molecule has 3 rings (SSSR count). The van der Waals surface area contributed by atoms with Crippen LogP contribution in [0, 0.1) is 23.2 Å². The largest absolute Gasteiger partial charge is 0.481 e. The van der Waals surface area contributed by atoms with Crippen molar-refractivity contribution in [1.29, 1.82) is 5.26 Å². The first-order valence-electron chi connectivity index (χ1n) is 9.20. The van der Waals surface area contributed by atoms with E-state index >= 15 is 0 Å². The molecule has 1 fully saturated rings. The van der Waals surface area contributed by atoms with E-state index in [1.165, 1.54) is 29.1 Å². The molecule has 0 aromatic carbocycles. The Balaban J connectivity index is 1.82. The molecule has 1 aromatic rings. The van der Waals surface area contributed by atoms with Gasteiger partial charge in [0, 0.05) is 4.88 Å². The van der Waals surface area contributed by atoms with Gasteiger partial charge in [0.2, 0.25) is 5.91 Å². The first kappa shape index (κ1) is 17.9. The minimum atomic E-state index is -0.890. The number of amides is 1. The lowest BCUT2D eigenvalue weighted by Crippen LogP contribution is -2.36. The molecule has 0 unspecified atom stereocenters. The van der Waals surface area contributed by atoms with Crippen molar-refractivity contribution in [1.82, 2.24) is 0 Å². The van der Waals surface area contributed by atoms with E-state index in [9.17, 15) is 20.0 Å². The number of carboxylic acids is 1. The Morgan fingerprint density at radius 3 is 2.40 bits per heavy atom. The molecule has 1 amide bonds. The van der Waals surface area contributed by atoms with Crippen molar-refractivity contribution in [3.8, 4) is 6.07 Å². The summed E-state index contributed by atoms with van der Waals surface area (Å²) in [5.74, 6) is -2.24. The third-order valence-corrected chi connectivity index (χ3v) is 6.65. The molecule has 2 aliphatic rings. The van der Waals surface area contributed by atoms with Gasteiger partial charge in [-0.15, -0.1) is 11.3 Å². The molecular weight excluding hydrogens is 336 g/mol.